The van der Waals surface area contributed by atoms with Crippen LogP contribution in [0.4, 0.5) is 0 Å². The van der Waals surface area contributed by atoms with Gasteiger partial charge in [0.15, 0.2) is 0 Å². The summed E-state index contributed by atoms with van der Waals surface area (Å²) >= 11 is 0. The number of nitrogens with one attached hydrogen (secondary N) is 2. The predicted molar refractivity (Wildman–Crippen MR) is 66.4 cm³/mol. The number of carboxylic acid groups (broad SMARTS) is 1. The Morgan fingerprint density at radius 3 is 2.68 bits per heavy atom. The van der Waals surface area contributed by atoms with Crippen LogP contribution in [0.2, 0.25) is 0 Å². The van der Waals surface area contributed by atoms with Crippen LogP contribution in [0.25, 0.3) is 0 Å². The zero-order valence-corrected chi connectivity index (χ0v) is 10.7. The molecule has 19 heavy (non-hydrogen) atoms. The summed E-state index contributed by atoms with van der Waals surface area (Å²) in [5.74, 6) is -1.48. The highest BCUT2D eigenvalue weighted by Gasteiger charge is 2.34. The number of likely N-dealkylation sites (tertiary alicyclic amines) is 1. The Morgan fingerprint density at radius 2 is 2.05 bits per heavy atom. The largest absolute Gasteiger partial charge is 0.480 e. The van der Waals surface area contributed by atoms with Gasteiger partial charge in [0, 0.05) is 6.54 Å². The number of carbonyl (C=O) groups excluding carboxylic acids is 2. The van der Waals surface area contributed by atoms with Gasteiger partial charge >= 0.3 is 5.97 Å². The van der Waals surface area contributed by atoms with Crippen molar-refractivity contribution in [2.75, 3.05) is 19.6 Å². The maximum absolute atomic E-state index is 11.9. The van der Waals surface area contributed by atoms with E-state index in [1.807, 2.05) is 0 Å². The number of rotatable bonds is 4. The third-order valence-electron chi connectivity index (χ3n) is 3.65. The summed E-state index contributed by atoms with van der Waals surface area (Å²) in [6.45, 7) is 1.15. The maximum Gasteiger partial charge on any atom is 0.326 e. The molecule has 0 spiro atoms. The Morgan fingerprint density at radius 1 is 1.26 bits per heavy atom. The molecule has 0 aromatic rings. The molecule has 0 bridgehead atoms. The molecule has 0 aliphatic carbocycles. The van der Waals surface area contributed by atoms with Gasteiger partial charge in [0.1, 0.15) is 6.04 Å². The smallest absolute Gasteiger partial charge is 0.326 e. The van der Waals surface area contributed by atoms with Crippen LogP contribution in [-0.4, -0.2) is 59.5 Å². The molecule has 2 rings (SSSR count). The second-order valence-corrected chi connectivity index (χ2v) is 4.95. The van der Waals surface area contributed by atoms with E-state index in [0.717, 1.165) is 19.4 Å². The topological polar surface area (TPSA) is 98.7 Å². The van der Waals surface area contributed by atoms with Crippen LogP contribution < -0.4 is 10.6 Å². The van der Waals surface area contributed by atoms with Crippen molar-refractivity contribution in [3.63, 3.8) is 0 Å². The number of amides is 2. The van der Waals surface area contributed by atoms with Gasteiger partial charge in [-0.15, -0.1) is 0 Å². The molecule has 2 saturated heterocycles. The quantitative estimate of drug-likeness (QED) is 0.603. The molecule has 2 heterocycles. The third-order valence-corrected chi connectivity index (χ3v) is 3.65. The first kappa shape index (κ1) is 13.8. The molecule has 2 aliphatic heterocycles. The third kappa shape index (κ3) is 3.23. The maximum atomic E-state index is 11.9. The van der Waals surface area contributed by atoms with Gasteiger partial charge in [-0.2, -0.15) is 0 Å². The lowest BCUT2D eigenvalue weighted by atomic mass is 10.2. The van der Waals surface area contributed by atoms with Crippen molar-refractivity contribution < 1.29 is 19.5 Å². The van der Waals surface area contributed by atoms with Gasteiger partial charge in [0.2, 0.25) is 11.8 Å². The van der Waals surface area contributed by atoms with Crippen molar-refractivity contribution in [3.05, 3.63) is 0 Å². The van der Waals surface area contributed by atoms with Crippen LogP contribution in [0.1, 0.15) is 25.7 Å². The van der Waals surface area contributed by atoms with Crippen LogP contribution in [-0.2, 0) is 14.4 Å². The fourth-order valence-electron chi connectivity index (χ4n) is 2.62. The van der Waals surface area contributed by atoms with Crippen LogP contribution in [0.15, 0.2) is 0 Å². The molecule has 2 aliphatic rings. The van der Waals surface area contributed by atoms with E-state index in [1.54, 1.807) is 0 Å². The number of hydrogen-bond donors (Lipinski definition) is 3. The highest BCUT2D eigenvalue weighted by atomic mass is 16.4. The monoisotopic (exact) mass is 269 g/mol. The minimum atomic E-state index is -0.977. The Hall–Kier alpha value is -1.63. The molecular weight excluding hydrogens is 250 g/mol. The molecular formula is C12H19N3O4. The van der Waals surface area contributed by atoms with E-state index >= 15 is 0 Å². The minimum absolute atomic E-state index is 0.124. The van der Waals surface area contributed by atoms with Crippen molar-refractivity contribution >= 4 is 17.8 Å². The van der Waals surface area contributed by atoms with E-state index in [4.69, 9.17) is 5.11 Å². The van der Waals surface area contributed by atoms with E-state index in [2.05, 4.69) is 10.6 Å². The predicted octanol–water partition coefficient (Wildman–Crippen LogP) is -1.07. The fraction of sp³-hybridized carbons (Fsp3) is 0.750. The molecule has 106 valence electrons. The summed E-state index contributed by atoms with van der Waals surface area (Å²) in [4.78, 5) is 35.9. The molecule has 0 saturated carbocycles. The van der Waals surface area contributed by atoms with Gasteiger partial charge in [-0.25, -0.2) is 4.79 Å². The van der Waals surface area contributed by atoms with Crippen LogP contribution in [0.5, 0.6) is 0 Å². The first-order chi connectivity index (χ1) is 9.09. The molecule has 2 atom stereocenters. The molecule has 0 aromatic carbocycles. The highest BCUT2D eigenvalue weighted by molar-refractivity contribution is 5.89. The van der Waals surface area contributed by atoms with Crippen molar-refractivity contribution in [1.82, 2.24) is 15.5 Å². The normalized spacial score (nSPS) is 26.4. The minimum Gasteiger partial charge on any atom is -0.480 e. The number of aliphatic carboxylic acids is 1. The first-order valence-corrected chi connectivity index (χ1v) is 6.63. The first-order valence-electron chi connectivity index (χ1n) is 6.63. The zero-order valence-electron chi connectivity index (χ0n) is 10.7. The van der Waals surface area contributed by atoms with Crippen molar-refractivity contribution in [1.29, 1.82) is 0 Å². The van der Waals surface area contributed by atoms with Gasteiger partial charge in [-0.1, -0.05) is 0 Å². The van der Waals surface area contributed by atoms with Gasteiger partial charge in [0.05, 0.1) is 12.6 Å². The molecule has 2 unspecified atom stereocenters. The van der Waals surface area contributed by atoms with Gasteiger partial charge in [-0.3, -0.25) is 9.59 Å². The van der Waals surface area contributed by atoms with Crippen LogP contribution >= 0.6 is 0 Å². The summed E-state index contributed by atoms with van der Waals surface area (Å²) in [6, 6.07) is -0.962. The van der Waals surface area contributed by atoms with Crippen molar-refractivity contribution in [2.24, 2.45) is 0 Å². The van der Waals surface area contributed by atoms with Gasteiger partial charge in [0.25, 0.3) is 0 Å². The molecule has 3 N–H and O–H groups in total. The Bertz CT molecular complexity index is 379. The van der Waals surface area contributed by atoms with Crippen LogP contribution in [0.3, 0.4) is 0 Å². The molecule has 2 amide bonds. The van der Waals surface area contributed by atoms with E-state index in [0.29, 0.717) is 19.4 Å². The van der Waals surface area contributed by atoms with Crippen molar-refractivity contribution in [3.8, 4) is 0 Å². The number of nitrogens with zero attached hydrogens (tertiary/aromatic N) is 1. The van der Waals surface area contributed by atoms with E-state index < -0.39 is 12.0 Å². The average Bonchev–Trinajstić information content (AvgIpc) is 3.04. The van der Waals surface area contributed by atoms with E-state index in [1.165, 1.54) is 4.90 Å². The highest BCUT2D eigenvalue weighted by Crippen LogP contribution is 2.17. The molecule has 2 fully saturated rings. The SMILES string of the molecule is O=C(NCC(=O)N1CCCC1C(=O)O)C1CCCN1. The molecule has 0 aromatic heterocycles. The lowest BCUT2D eigenvalue weighted by molar-refractivity contribution is -0.148. The van der Waals surface area contributed by atoms with E-state index in [-0.39, 0.29) is 24.4 Å². The standard InChI is InChI=1S/C12H19N3O4/c16-10(15-6-2-4-9(15)12(18)19)7-14-11(17)8-3-1-5-13-8/h8-9,13H,1-7H2,(H,14,17)(H,18,19). The fourth-order valence-corrected chi connectivity index (χ4v) is 2.62. The molecule has 7 heteroatoms. The van der Waals surface area contributed by atoms with Crippen molar-refractivity contribution in [2.45, 2.75) is 37.8 Å². The molecule has 7 nitrogen and oxygen atoms in total. The summed E-state index contributed by atoms with van der Waals surface area (Å²) in [7, 11) is 0. The lowest BCUT2D eigenvalue weighted by Gasteiger charge is -2.22. The number of hydrogen-bond acceptors (Lipinski definition) is 4. The Labute approximate surface area is 111 Å². The number of carbonyl (C=O) groups is 3. The summed E-state index contributed by atoms with van der Waals surface area (Å²) in [5, 5.41) is 14.6. The van der Waals surface area contributed by atoms with Crippen LogP contribution in [0, 0.1) is 0 Å². The summed E-state index contributed by atoms with van der Waals surface area (Å²) in [5.41, 5.74) is 0. The average molecular weight is 269 g/mol. The Balaban J connectivity index is 1.80. The lowest BCUT2D eigenvalue weighted by Crippen LogP contribution is -2.48. The van der Waals surface area contributed by atoms with E-state index in [9.17, 15) is 14.4 Å². The van der Waals surface area contributed by atoms with Gasteiger partial charge in [-0.05, 0) is 32.2 Å². The Kier molecular flexibility index (Phi) is 4.36. The van der Waals surface area contributed by atoms with Gasteiger partial charge < -0.3 is 20.6 Å². The molecule has 0 radical (unpaired) electrons. The second-order valence-electron chi connectivity index (χ2n) is 4.95. The second kappa shape index (κ2) is 6.01. The zero-order chi connectivity index (χ0) is 13.8. The summed E-state index contributed by atoms with van der Waals surface area (Å²) < 4.78 is 0. The number of carboxylic acids is 1. The summed E-state index contributed by atoms with van der Waals surface area (Å²) in [6.07, 6.45) is 2.92.